The van der Waals surface area contributed by atoms with Gasteiger partial charge in [0.05, 0.1) is 0 Å². The highest BCUT2D eigenvalue weighted by atomic mass is 16.5. The number of aromatic nitrogens is 2. The molecule has 0 radical (unpaired) electrons. The van der Waals surface area contributed by atoms with Crippen LogP contribution < -0.4 is 5.56 Å². The van der Waals surface area contributed by atoms with E-state index in [2.05, 4.69) is 23.8 Å². The summed E-state index contributed by atoms with van der Waals surface area (Å²) in [5.74, 6) is 0.686. The first-order chi connectivity index (χ1) is 8.37. The molecule has 1 aliphatic rings. The normalized spacial score (nSPS) is 21.8. The van der Waals surface area contributed by atoms with Crippen molar-refractivity contribution in [3.63, 3.8) is 0 Å². The summed E-state index contributed by atoms with van der Waals surface area (Å²) in [5, 5.41) is 0. The number of H-pyrrole nitrogens is 1. The van der Waals surface area contributed by atoms with Crippen molar-refractivity contribution in [2.45, 2.75) is 52.1 Å². The minimum atomic E-state index is -0.416. The molecule has 2 rings (SSSR count). The van der Waals surface area contributed by atoms with Crippen molar-refractivity contribution in [1.29, 1.82) is 0 Å². The van der Waals surface area contributed by atoms with Crippen LogP contribution >= 0.6 is 0 Å². The molecule has 0 aromatic carbocycles. The van der Waals surface area contributed by atoms with Crippen molar-refractivity contribution in [3.05, 3.63) is 27.9 Å². The number of hydrogen-bond acceptors (Lipinski definition) is 3. The Labute approximate surface area is 108 Å². The molecule has 1 aromatic heterocycles. The van der Waals surface area contributed by atoms with Crippen molar-refractivity contribution >= 4 is 0 Å². The first-order valence-corrected chi connectivity index (χ1v) is 6.51. The second-order valence-electron chi connectivity index (χ2n) is 6.10. The van der Waals surface area contributed by atoms with E-state index in [9.17, 15) is 4.79 Å². The molecule has 4 nitrogen and oxygen atoms in total. The van der Waals surface area contributed by atoms with Crippen LogP contribution in [0.25, 0.3) is 0 Å². The molecule has 0 bridgehead atoms. The summed E-state index contributed by atoms with van der Waals surface area (Å²) < 4.78 is 5.74. The number of nitrogens with one attached hydrogen (secondary N) is 1. The smallest absolute Gasteiger partial charge is 0.251 e. The first kappa shape index (κ1) is 13.3. The molecule has 0 atom stereocenters. The fourth-order valence-electron chi connectivity index (χ4n) is 2.66. The van der Waals surface area contributed by atoms with Crippen LogP contribution in [0.1, 0.15) is 51.0 Å². The lowest BCUT2D eigenvalue weighted by Gasteiger charge is -2.41. The van der Waals surface area contributed by atoms with E-state index in [1.165, 1.54) is 6.07 Å². The minimum absolute atomic E-state index is 0.0984. The number of aryl methyl sites for hydroxylation is 1. The molecule has 100 valence electrons. The van der Waals surface area contributed by atoms with Crippen LogP contribution in [0.2, 0.25) is 0 Å². The molecule has 1 fully saturated rings. The molecule has 1 N–H and O–H groups in total. The number of hydrogen-bond donors (Lipinski definition) is 1. The maximum atomic E-state index is 11.6. The molecule has 1 saturated carbocycles. The van der Waals surface area contributed by atoms with Gasteiger partial charge in [-0.05, 0) is 38.0 Å². The van der Waals surface area contributed by atoms with Crippen molar-refractivity contribution in [2.24, 2.45) is 5.41 Å². The van der Waals surface area contributed by atoms with Crippen molar-refractivity contribution < 1.29 is 4.74 Å². The van der Waals surface area contributed by atoms with E-state index in [0.29, 0.717) is 11.2 Å². The highest BCUT2D eigenvalue weighted by molar-refractivity contribution is 5.09. The standard InChI is InChI=1S/C14H22N2O2/c1-10-9-11(17)16-12(15-10)14(18-4)7-5-13(2,3)6-8-14/h9H,5-8H2,1-4H3,(H,15,16,17). The van der Waals surface area contributed by atoms with E-state index >= 15 is 0 Å². The third kappa shape index (κ3) is 2.48. The molecular weight excluding hydrogens is 228 g/mol. The second kappa shape index (κ2) is 4.50. The maximum absolute atomic E-state index is 11.6. The third-order valence-corrected chi connectivity index (χ3v) is 4.10. The van der Waals surface area contributed by atoms with Gasteiger partial charge < -0.3 is 9.72 Å². The van der Waals surface area contributed by atoms with Crippen LogP contribution in [0.15, 0.2) is 10.9 Å². The van der Waals surface area contributed by atoms with Gasteiger partial charge in [-0.25, -0.2) is 4.98 Å². The van der Waals surface area contributed by atoms with E-state index in [0.717, 1.165) is 31.4 Å². The Morgan fingerprint density at radius 3 is 2.39 bits per heavy atom. The molecule has 0 unspecified atom stereocenters. The average Bonchev–Trinajstić information content (AvgIpc) is 2.28. The Morgan fingerprint density at radius 2 is 1.89 bits per heavy atom. The first-order valence-electron chi connectivity index (χ1n) is 6.51. The van der Waals surface area contributed by atoms with E-state index in [-0.39, 0.29) is 5.56 Å². The summed E-state index contributed by atoms with van der Waals surface area (Å²) in [7, 11) is 1.71. The number of ether oxygens (including phenoxy) is 1. The average molecular weight is 250 g/mol. The van der Waals surface area contributed by atoms with Gasteiger partial charge in [0.25, 0.3) is 5.56 Å². The number of nitrogens with zero attached hydrogens (tertiary/aromatic N) is 1. The van der Waals surface area contributed by atoms with Gasteiger partial charge in [-0.3, -0.25) is 4.79 Å². The van der Waals surface area contributed by atoms with Crippen LogP contribution in [-0.2, 0) is 10.3 Å². The summed E-state index contributed by atoms with van der Waals surface area (Å²) >= 11 is 0. The Hall–Kier alpha value is -1.16. The van der Waals surface area contributed by atoms with Gasteiger partial charge in [0.2, 0.25) is 0 Å². The quantitative estimate of drug-likeness (QED) is 0.877. The molecule has 1 aromatic rings. The molecule has 0 spiro atoms. The second-order valence-corrected chi connectivity index (χ2v) is 6.10. The molecule has 1 heterocycles. The lowest BCUT2D eigenvalue weighted by atomic mass is 9.70. The third-order valence-electron chi connectivity index (χ3n) is 4.10. The van der Waals surface area contributed by atoms with Crippen LogP contribution in [0.5, 0.6) is 0 Å². The maximum Gasteiger partial charge on any atom is 0.251 e. The van der Waals surface area contributed by atoms with Crippen LogP contribution in [0, 0.1) is 12.3 Å². The highest BCUT2D eigenvalue weighted by Gasteiger charge is 2.41. The Balaban J connectivity index is 2.36. The highest BCUT2D eigenvalue weighted by Crippen LogP contribution is 2.45. The van der Waals surface area contributed by atoms with Crippen molar-refractivity contribution in [2.75, 3.05) is 7.11 Å². The van der Waals surface area contributed by atoms with Gasteiger partial charge >= 0.3 is 0 Å². The van der Waals surface area contributed by atoms with Gasteiger partial charge in [0.15, 0.2) is 0 Å². The summed E-state index contributed by atoms with van der Waals surface area (Å²) in [6.07, 6.45) is 3.97. The van der Waals surface area contributed by atoms with Gasteiger partial charge in [-0.15, -0.1) is 0 Å². The Morgan fingerprint density at radius 1 is 1.28 bits per heavy atom. The van der Waals surface area contributed by atoms with Crippen LogP contribution in [-0.4, -0.2) is 17.1 Å². The topological polar surface area (TPSA) is 55.0 Å². The zero-order valence-electron chi connectivity index (χ0n) is 11.7. The molecular formula is C14H22N2O2. The van der Waals surface area contributed by atoms with E-state index in [1.54, 1.807) is 7.11 Å². The number of methoxy groups -OCH3 is 1. The van der Waals surface area contributed by atoms with Crippen LogP contribution in [0.4, 0.5) is 0 Å². The molecule has 0 amide bonds. The fourth-order valence-corrected chi connectivity index (χ4v) is 2.66. The van der Waals surface area contributed by atoms with Gasteiger partial charge in [-0.2, -0.15) is 0 Å². The predicted molar refractivity (Wildman–Crippen MR) is 70.5 cm³/mol. The molecule has 0 saturated heterocycles. The predicted octanol–water partition coefficient (Wildman–Crippen LogP) is 2.52. The number of aromatic amines is 1. The molecule has 18 heavy (non-hydrogen) atoms. The van der Waals surface area contributed by atoms with Crippen molar-refractivity contribution in [1.82, 2.24) is 9.97 Å². The van der Waals surface area contributed by atoms with Gasteiger partial charge in [0.1, 0.15) is 11.4 Å². The van der Waals surface area contributed by atoms with E-state index < -0.39 is 5.60 Å². The van der Waals surface area contributed by atoms with Crippen LogP contribution in [0.3, 0.4) is 0 Å². The monoisotopic (exact) mass is 250 g/mol. The largest absolute Gasteiger partial charge is 0.370 e. The zero-order valence-corrected chi connectivity index (χ0v) is 11.7. The Bertz CT molecular complexity index is 481. The van der Waals surface area contributed by atoms with Crippen molar-refractivity contribution in [3.8, 4) is 0 Å². The minimum Gasteiger partial charge on any atom is -0.370 e. The lowest BCUT2D eigenvalue weighted by Crippen LogP contribution is -2.39. The number of rotatable bonds is 2. The lowest BCUT2D eigenvalue weighted by molar-refractivity contribution is -0.0731. The van der Waals surface area contributed by atoms with Gasteiger partial charge in [0, 0.05) is 18.9 Å². The van der Waals surface area contributed by atoms with E-state index in [4.69, 9.17) is 4.74 Å². The van der Waals surface area contributed by atoms with E-state index in [1.807, 2.05) is 6.92 Å². The molecule has 0 aliphatic heterocycles. The Kier molecular flexibility index (Phi) is 3.32. The zero-order chi connectivity index (χ0) is 13.4. The summed E-state index contributed by atoms with van der Waals surface area (Å²) in [6.45, 7) is 6.40. The summed E-state index contributed by atoms with van der Waals surface area (Å²) in [6, 6.07) is 1.51. The summed E-state index contributed by atoms with van der Waals surface area (Å²) in [4.78, 5) is 18.9. The van der Waals surface area contributed by atoms with Gasteiger partial charge in [-0.1, -0.05) is 13.8 Å². The fraction of sp³-hybridized carbons (Fsp3) is 0.714. The molecule has 1 aliphatic carbocycles. The molecule has 4 heteroatoms. The summed E-state index contributed by atoms with van der Waals surface area (Å²) in [5.41, 5.74) is 0.584. The SMILES string of the molecule is COC1(c2nc(C)cc(=O)[nH]2)CCC(C)(C)CC1.